The van der Waals surface area contributed by atoms with Crippen LogP contribution >= 0.6 is 0 Å². The van der Waals surface area contributed by atoms with Crippen molar-refractivity contribution in [1.82, 2.24) is 0 Å². The van der Waals surface area contributed by atoms with Crippen LogP contribution in [0.15, 0.2) is 42.5 Å². The van der Waals surface area contributed by atoms with E-state index in [1.54, 1.807) is 12.1 Å². The molecule has 0 heterocycles. The molecule has 0 fully saturated rings. The Morgan fingerprint density at radius 3 is 2.20 bits per heavy atom. The lowest BCUT2D eigenvalue weighted by atomic mass is 10.0. The first-order valence-corrected chi connectivity index (χ1v) is 7.24. The normalized spacial score (nSPS) is 11.1. The van der Waals surface area contributed by atoms with Gasteiger partial charge in [-0.3, -0.25) is 4.79 Å². The molecule has 0 aliphatic heterocycles. The Hall–Kier alpha value is -2.83. The van der Waals surface area contributed by atoms with Crippen molar-refractivity contribution in [2.45, 2.75) is 19.7 Å². The van der Waals surface area contributed by atoms with Crippen molar-refractivity contribution < 1.29 is 32.2 Å². The number of hydrogen-bond acceptors (Lipinski definition) is 4. The fourth-order valence-corrected chi connectivity index (χ4v) is 2.18. The fourth-order valence-electron chi connectivity index (χ4n) is 2.18. The zero-order valence-electron chi connectivity index (χ0n) is 13.5. The minimum atomic E-state index is -4.65. The predicted octanol–water partition coefficient (Wildman–Crippen LogP) is 4.27. The van der Waals surface area contributed by atoms with E-state index >= 15 is 0 Å². The van der Waals surface area contributed by atoms with Gasteiger partial charge in [-0.15, -0.1) is 0 Å². The van der Waals surface area contributed by atoms with Crippen molar-refractivity contribution in [2.24, 2.45) is 0 Å². The lowest BCUT2D eigenvalue weighted by Crippen LogP contribution is -2.12. The molecule has 0 unspecified atom stereocenters. The molecule has 2 rings (SSSR count). The van der Waals surface area contributed by atoms with E-state index in [9.17, 15) is 22.8 Å². The van der Waals surface area contributed by atoms with Gasteiger partial charge < -0.3 is 9.47 Å². The third-order valence-corrected chi connectivity index (χ3v) is 3.46. The SMILES string of the molecule is COC(=O)c1ccc(COc2ccc(C(C)=O)c(C(F)(F)F)c2)cc1. The van der Waals surface area contributed by atoms with Crippen LogP contribution in [0.2, 0.25) is 0 Å². The summed E-state index contributed by atoms with van der Waals surface area (Å²) >= 11 is 0. The van der Waals surface area contributed by atoms with E-state index in [0.717, 1.165) is 19.1 Å². The van der Waals surface area contributed by atoms with E-state index in [1.165, 1.54) is 25.3 Å². The zero-order chi connectivity index (χ0) is 18.6. The number of rotatable bonds is 5. The van der Waals surface area contributed by atoms with E-state index < -0.39 is 29.1 Å². The van der Waals surface area contributed by atoms with E-state index in [4.69, 9.17) is 4.74 Å². The summed E-state index contributed by atoms with van der Waals surface area (Å²) in [5.41, 5.74) is -0.408. The molecule has 0 spiro atoms. The molecule has 0 aliphatic carbocycles. The van der Waals surface area contributed by atoms with Crippen LogP contribution in [0.4, 0.5) is 13.2 Å². The Balaban J connectivity index is 2.15. The maximum Gasteiger partial charge on any atom is 0.417 e. The largest absolute Gasteiger partial charge is 0.489 e. The van der Waals surface area contributed by atoms with Crippen LogP contribution in [0, 0.1) is 0 Å². The first kappa shape index (κ1) is 18.5. The number of ether oxygens (including phenoxy) is 2. The average molecular weight is 352 g/mol. The fraction of sp³-hybridized carbons (Fsp3) is 0.222. The molecule has 0 aliphatic rings. The monoisotopic (exact) mass is 352 g/mol. The number of benzene rings is 2. The molecule has 7 heteroatoms. The van der Waals surface area contributed by atoms with Gasteiger partial charge in [0.2, 0.25) is 0 Å². The maximum atomic E-state index is 13.1. The van der Waals surface area contributed by atoms with Crippen molar-refractivity contribution in [2.75, 3.05) is 7.11 Å². The third-order valence-electron chi connectivity index (χ3n) is 3.46. The first-order valence-electron chi connectivity index (χ1n) is 7.24. The highest BCUT2D eigenvalue weighted by molar-refractivity contribution is 5.96. The molecular formula is C18H15F3O4. The molecular weight excluding hydrogens is 337 g/mol. The highest BCUT2D eigenvalue weighted by atomic mass is 19.4. The van der Waals surface area contributed by atoms with Gasteiger partial charge in [-0.05, 0) is 42.8 Å². The smallest absolute Gasteiger partial charge is 0.417 e. The molecule has 25 heavy (non-hydrogen) atoms. The van der Waals surface area contributed by atoms with E-state index in [-0.39, 0.29) is 12.4 Å². The second-order valence-electron chi connectivity index (χ2n) is 5.24. The van der Waals surface area contributed by atoms with Crippen LogP contribution in [-0.4, -0.2) is 18.9 Å². The van der Waals surface area contributed by atoms with Crippen molar-refractivity contribution >= 4 is 11.8 Å². The second kappa shape index (κ2) is 7.38. The van der Waals surface area contributed by atoms with Crippen LogP contribution in [0.1, 0.15) is 38.8 Å². The van der Waals surface area contributed by atoms with Gasteiger partial charge in [0.15, 0.2) is 5.78 Å². The summed E-state index contributed by atoms with van der Waals surface area (Å²) in [5.74, 6) is -1.16. The van der Waals surface area contributed by atoms with Crippen LogP contribution in [0.3, 0.4) is 0 Å². The summed E-state index contributed by atoms with van der Waals surface area (Å²) in [7, 11) is 1.27. The molecule has 0 aromatic heterocycles. The number of Topliss-reactive ketones (excluding diaryl/α,β-unsaturated/α-hetero) is 1. The summed E-state index contributed by atoms with van der Waals surface area (Å²) in [4.78, 5) is 22.7. The number of halogens is 3. The number of esters is 1. The molecule has 0 saturated carbocycles. The van der Waals surface area contributed by atoms with Crippen LogP contribution < -0.4 is 4.74 Å². The van der Waals surface area contributed by atoms with Crippen molar-refractivity contribution in [3.8, 4) is 5.75 Å². The summed E-state index contributed by atoms with van der Waals surface area (Å²) in [6, 6.07) is 9.51. The van der Waals surface area contributed by atoms with Crippen LogP contribution in [0.5, 0.6) is 5.75 Å². The number of hydrogen-bond donors (Lipinski definition) is 0. The van der Waals surface area contributed by atoms with E-state index in [0.29, 0.717) is 11.1 Å². The molecule has 0 atom stereocenters. The summed E-state index contributed by atoms with van der Waals surface area (Å²) in [6.07, 6.45) is -4.65. The summed E-state index contributed by atoms with van der Waals surface area (Å²) in [5, 5.41) is 0. The standard InChI is InChI=1S/C18H15F3O4/c1-11(22)15-8-7-14(9-16(15)18(19,20)21)25-10-12-3-5-13(6-4-12)17(23)24-2/h3-9H,10H2,1-2H3. The van der Waals surface area contributed by atoms with Gasteiger partial charge in [-0.25, -0.2) is 4.79 Å². The lowest BCUT2D eigenvalue weighted by Gasteiger charge is -2.13. The van der Waals surface area contributed by atoms with Gasteiger partial charge in [0.1, 0.15) is 12.4 Å². The lowest BCUT2D eigenvalue weighted by molar-refractivity contribution is -0.138. The van der Waals surface area contributed by atoms with Crippen LogP contribution in [0.25, 0.3) is 0 Å². The Morgan fingerprint density at radius 2 is 1.68 bits per heavy atom. The number of methoxy groups -OCH3 is 1. The van der Waals surface area contributed by atoms with E-state index in [2.05, 4.69) is 4.74 Å². The number of ketones is 1. The van der Waals surface area contributed by atoms with E-state index in [1.807, 2.05) is 0 Å². The molecule has 0 saturated heterocycles. The van der Waals surface area contributed by atoms with Gasteiger partial charge in [-0.2, -0.15) is 13.2 Å². The first-order chi connectivity index (χ1) is 11.7. The highest BCUT2D eigenvalue weighted by Gasteiger charge is 2.34. The molecule has 2 aromatic rings. The van der Waals surface area contributed by atoms with Gasteiger partial charge in [0.25, 0.3) is 0 Å². The Bertz CT molecular complexity index is 780. The topological polar surface area (TPSA) is 52.6 Å². The quantitative estimate of drug-likeness (QED) is 0.596. The molecule has 2 aromatic carbocycles. The van der Waals surface area contributed by atoms with Crippen molar-refractivity contribution in [1.29, 1.82) is 0 Å². The van der Waals surface area contributed by atoms with Crippen molar-refractivity contribution in [3.05, 3.63) is 64.7 Å². The summed E-state index contributed by atoms with van der Waals surface area (Å²) < 4.78 is 49.1. The molecule has 0 amide bonds. The Morgan fingerprint density at radius 1 is 1.04 bits per heavy atom. The minimum absolute atomic E-state index is 0.00521. The van der Waals surface area contributed by atoms with Gasteiger partial charge in [-0.1, -0.05) is 12.1 Å². The number of alkyl halides is 3. The van der Waals surface area contributed by atoms with Crippen molar-refractivity contribution in [3.63, 3.8) is 0 Å². The molecule has 132 valence electrons. The second-order valence-corrected chi connectivity index (χ2v) is 5.24. The van der Waals surface area contributed by atoms with Gasteiger partial charge >= 0.3 is 12.1 Å². The van der Waals surface area contributed by atoms with Gasteiger partial charge in [0.05, 0.1) is 18.2 Å². The summed E-state index contributed by atoms with van der Waals surface area (Å²) in [6.45, 7) is 1.09. The average Bonchev–Trinajstić information content (AvgIpc) is 2.58. The zero-order valence-corrected chi connectivity index (χ0v) is 13.5. The highest BCUT2D eigenvalue weighted by Crippen LogP contribution is 2.34. The molecule has 0 bridgehead atoms. The maximum absolute atomic E-state index is 13.1. The van der Waals surface area contributed by atoms with Crippen LogP contribution in [-0.2, 0) is 17.5 Å². The Labute approximate surface area is 142 Å². The van der Waals surface area contributed by atoms with Gasteiger partial charge in [0, 0.05) is 5.56 Å². The molecule has 0 radical (unpaired) electrons. The Kier molecular flexibility index (Phi) is 5.46. The number of carbonyl (C=O) groups excluding carboxylic acids is 2. The predicted molar refractivity (Wildman–Crippen MR) is 83.6 cm³/mol. The number of carbonyl (C=O) groups is 2. The third kappa shape index (κ3) is 4.59. The molecule has 0 N–H and O–H groups in total. The minimum Gasteiger partial charge on any atom is -0.489 e. The molecule has 4 nitrogen and oxygen atoms in total.